The molecule has 6 aromatic carbocycles. The molecule has 61 heavy (non-hydrogen) atoms. The van der Waals surface area contributed by atoms with E-state index in [0.29, 0.717) is 48.8 Å². The van der Waals surface area contributed by atoms with E-state index in [1.165, 1.54) is 12.7 Å². The van der Waals surface area contributed by atoms with Crippen LogP contribution in [0.2, 0.25) is 0 Å². The van der Waals surface area contributed by atoms with Crippen LogP contribution in [-0.4, -0.2) is 29.5 Å². The molecule has 10 aromatic rings. The molecule has 10 rings (SSSR count). The molecule has 0 amide bonds. The zero-order valence-corrected chi connectivity index (χ0v) is 38.2. The number of fused-ring (bicyclic) bond motifs is 3. The van der Waals surface area contributed by atoms with Crippen molar-refractivity contribution in [2.75, 3.05) is 0 Å². The van der Waals surface area contributed by atoms with Crippen molar-refractivity contribution < 1.29 is 51.3 Å². The average molecular weight is 1190 g/mol. The number of benzene rings is 6. The molecule has 4 aromatic heterocycles. The van der Waals surface area contributed by atoms with Gasteiger partial charge in [-0.15, -0.1) is 71.8 Å². The Morgan fingerprint density at radius 1 is 0.410 bits per heavy atom. The second-order valence-electron chi connectivity index (χ2n) is 13.7. The van der Waals surface area contributed by atoms with Crippen molar-refractivity contribution in [2.24, 2.45) is 0 Å². The van der Waals surface area contributed by atoms with E-state index in [9.17, 15) is 0 Å². The smallest absolute Gasteiger partial charge is 0.328 e. The second-order valence-corrected chi connectivity index (χ2v) is 19.1. The Morgan fingerprint density at radius 2 is 0.836 bits per heavy atom. The molecule has 0 aliphatic heterocycles. The van der Waals surface area contributed by atoms with Gasteiger partial charge >= 0.3 is 42.1 Å². The van der Waals surface area contributed by atoms with E-state index in [1.807, 2.05) is 162 Å². The first-order valence-corrected chi connectivity index (χ1v) is 22.2. The van der Waals surface area contributed by atoms with Gasteiger partial charge < -0.3 is 23.7 Å². The molecule has 0 radical (unpaired) electrons. The molecular formula is C49H30N6O2P2Pt2. The molecule has 2 atom stereocenters. The van der Waals surface area contributed by atoms with Gasteiger partial charge in [-0.3, -0.25) is 0 Å². The van der Waals surface area contributed by atoms with Gasteiger partial charge in [0.2, 0.25) is 5.95 Å². The Kier molecular flexibility index (Phi) is 12.2. The van der Waals surface area contributed by atoms with Gasteiger partial charge in [-0.2, -0.15) is 35.0 Å². The van der Waals surface area contributed by atoms with Crippen LogP contribution in [0.3, 0.4) is 0 Å². The van der Waals surface area contributed by atoms with Crippen molar-refractivity contribution >= 4 is 67.9 Å². The maximum atomic E-state index is 16.0. The summed E-state index contributed by atoms with van der Waals surface area (Å²) in [5.74, 6) is 0.304. The number of hydrogen-bond acceptors (Lipinski definition) is 7. The molecular weight excluding hydrogens is 1160 g/mol. The third kappa shape index (κ3) is 7.53. The van der Waals surface area contributed by atoms with Crippen molar-refractivity contribution in [1.29, 1.82) is 0 Å². The second kappa shape index (κ2) is 17.7. The van der Waals surface area contributed by atoms with Crippen LogP contribution in [-0.2, 0) is 51.3 Å². The Labute approximate surface area is 381 Å². The molecule has 298 valence electrons. The summed E-state index contributed by atoms with van der Waals surface area (Å²) in [7, 11) is -7.20. The SMILES string of the molecule is O=P(c1[c-]c(-c2ccccn2)ccc1)(c1[c-]c2c(cc1)c1ccc(P(=O)(c3[c-]c(-c4ccccn4)ccc3)c3ccccc3)[c-]c1n2-c1ncncn1)c1ccccc1.[Pt+2].[Pt+2]. The van der Waals surface area contributed by atoms with E-state index in [-0.39, 0.29) is 42.1 Å². The van der Waals surface area contributed by atoms with Crippen LogP contribution in [0.25, 0.3) is 50.3 Å². The molecule has 0 saturated heterocycles. The molecule has 0 N–H and O–H groups in total. The molecule has 0 bridgehead atoms. The molecule has 0 aliphatic carbocycles. The summed E-state index contributed by atoms with van der Waals surface area (Å²) in [5, 5.41) is 4.86. The number of hydrogen-bond donors (Lipinski definition) is 0. The summed E-state index contributed by atoms with van der Waals surface area (Å²) < 4.78 is 33.7. The van der Waals surface area contributed by atoms with Gasteiger partial charge in [0.1, 0.15) is 26.9 Å². The van der Waals surface area contributed by atoms with Gasteiger partial charge in [-0.05, 0) is 23.5 Å². The molecule has 8 nitrogen and oxygen atoms in total. The van der Waals surface area contributed by atoms with Crippen molar-refractivity contribution in [3.05, 3.63) is 207 Å². The van der Waals surface area contributed by atoms with Crippen molar-refractivity contribution in [3.63, 3.8) is 0 Å². The van der Waals surface area contributed by atoms with Crippen LogP contribution in [0.5, 0.6) is 0 Å². The number of nitrogens with zero attached hydrogens (tertiary/aromatic N) is 6. The molecule has 12 heteroatoms. The van der Waals surface area contributed by atoms with Crippen LogP contribution in [0.15, 0.2) is 183 Å². The fourth-order valence-electron chi connectivity index (χ4n) is 7.47. The third-order valence-corrected chi connectivity index (χ3v) is 16.1. The first kappa shape index (κ1) is 42.0. The first-order chi connectivity index (χ1) is 29.0. The van der Waals surface area contributed by atoms with Crippen molar-refractivity contribution in [1.82, 2.24) is 29.5 Å². The minimum atomic E-state index is -3.60. The van der Waals surface area contributed by atoms with Gasteiger partial charge in [0.25, 0.3) is 0 Å². The summed E-state index contributed by atoms with van der Waals surface area (Å²) in [6, 6.07) is 63.3. The quantitative estimate of drug-likeness (QED) is 0.109. The molecule has 0 saturated carbocycles. The maximum absolute atomic E-state index is 16.0. The predicted octanol–water partition coefficient (Wildman–Crippen LogP) is 7.57. The fraction of sp³-hybridized carbons (Fsp3) is 0. The summed E-state index contributed by atoms with van der Waals surface area (Å²) >= 11 is 0. The Balaban J connectivity index is 0.00000257. The van der Waals surface area contributed by atoms with Gasteiger partial charge in [0.05, 0.1) is 0 Å². The summed E-state index contributed by atoms with van der Waals surface area (Å²) in [6.07, 6.45) is 6.31. The zero-order valence-electron chi connectivity index (χ0n) is 31.8. The first-order valence-electron chi connectivity index (χ1n) is 18.8. The molecule has 0 spiro atoms. The molecule has 4 heterocycles. The van der Waals surface area contributed by atoms with Crippen LogP contribution >= 0.6 is 14.3 Å². The largest absolute Gasteiger partial charge is 2.00 e. The Morgan fingerprint density at radius 3 is 1.26 bits per heavy atom. The van der Waals surface area contributed by atoms with E-state index in [4.69, 9.17) is 0 Å². The zero-order chi connectivity index (χ0) is 39.8. The molecule has 0 aliphatic rings. The normalized spacial score (nSPS) is 13.0. The Hall–Kier alpha value is -5.73. The van der Waals surface area contributed by atoms with Crippen LogP contribution in [0, 0.1) is 24.3 Å². The Bertz CT molecular complexity index is 3040. The topological polar surface area (TPSA) is 104 Å². The monoisotopic (exact) mass is 1190 g/mol. The van der Waals surface area contributed by atoms with Gasteiger partial charge in [-0.1, -0.05) is 117 Å². The minimum Gasteiger partial charge on any atom is -0.328 e. The van der Waals surface area contributed by atoms with Gasteiger partial charge in [-0.25, -0.2) is 15.0 Å². The van der Waals surface area contributed by atoms with E-state index >= 15 is 9.13 Å². The minimum absolute atomic E-state index is 0. The number of rotatable bonds is 9. The standard InChI is InChI=1S/C49H30N6O2P2.2Pt/c56-58(37-15-3-1-4-16-37,39-19-11-13-35(29-39)45-21-7-9-27-51-45)41-23-25-43-44-26-24-42(32-48(44)55(47(43)31-41)49-53-33-50-34-54-49)59(57,38-17-5-2-6-18-38)40-20-12-14-36(30-40)46-22-8-10-28-52-46;;/h1-28,33-34H;;/q-4;2*+2. The number of aromatic nitrogens is 6. The average Bonchev–Trinajstić information content (AvgIpc) is 3.65. The summed E-state index contributed by atoms with van der Waals surface area (Å²) in [5.41, 5.74) is 4.06. The predicted molar refractivity (Wildman–Crippen MR) is 235 cm³/mol. The van der Waals surface area contributed by atoms with Crippen LogP contribution in [0.4, 0.5) is 0 Å². The van der Waals surface area contributed by atoms with Gasteiger partial charge in [0, 0.05) is 23.0 Å². The van der Waals surface area contributed by atoms with Crippen molar-refractivity contribution in [3.8, 4) is 28.5 Å². The van der Waals surface area contributed by atoms with Crippen LogP contribution in [0.1, 0.15) is 0 Å². The van der Waals surface area contributed by atoms with Gasteiger partial charge in [0.15, 0.2) is 0 Å². The van der Waals surface area contributed by atoms with E-state index in [1.54, 1.807) is 12.4 Å². The van der Waals surface area contributed by atoms with Crippen molar-refractivity contribution in [2.45, 2.75) is 0 Å². The fourth-order valence-corrected chi connectivity index (χ4v) is 12.5. The third-order valence-electron chi connectivity index (χ3n) is 10.3. The van der Waals surface area contributed by atoms with E-state index in [2.05, 4.69) is 49.2 Å². The summed E-state index contributed by atoms with van der Waals surface area (Å²) in [6.45, 7) is 0. The van der Waals surface area contributed by atoms with E-state index < -0.39 is 14.3 Å². The molecule has 0 fully saturated rings. The maximum Gasteiger partial charge on any atom is 2.00 e. The molecule has 2 unspecified atom stereocenters. The van der Waals surface area contributed by atoms with Crippen LogP contribution < -0.4 is 31.8 Å². The summed E-state index contributed by atoms with van der Waals surface area (Å²) in [4.78, 5) is 22.3. The van der Waals surface area contributed by atoms with E-state index in [0.717, 1.165) is 33.3 Å². The number of pyridine rings is 2.